The third-order valence-electron chi connectivity index (χ3n) is 2.40. The standard InChI is InChI=1S/C9H18IN/c1-11(2)7-8-3-5-9(10)6-4-8/h8-9H,3-7H2,1-2H3. The first-order valence-corrected chi connectivity index (χ1v) is 5.72. The second-order valence-corrected chi connectivity index (χ2v) is 5.64. The van der Waals surface area contributed by atoms with Crippen LogP contribution in [0.1, 0.15) is 25.7 Å². The average Bonchev–Trinajstić information content (AvgIpc) is 1.93. The lowest BCUT2D eigenvalue weighted by Crippen LogP contribution is -2.25. The smallest absolute Gasteiger partial charge is 0.0110 e. The Labute approximate surface area is 83.7 Å². The van der Waals surface area contributed by atoms with Crippen LogP contribution < -0.4 is 0 Å². The number of nitrogens with zero attached hydrogens (tertiary/aromatic N) is 1. The molecule has 0 amide bonds. The molecule has 0 bridgehead atoms. The van der Waals surface area contributed by atoms with Crippen LogP contribution in [0.3, 0.4) is 0 Å². The summed E-state index contributed by atoms with van der Waals surface area (Å²) < 4.78 is 0.964. The fraction of sp³-hybridized carbons (Fsp3) is 1.00. The molecule has 0 N–H and O–H groups in total. The molecule has 1 nitrogen and oxygen atoms in total. The van der Waals surface area contributed by atoms with Gasteiger partial charge in [-0.3, -0.25) is 0 Å². The molecular formula is C9H18IN. The summed E-state index contributed by atoms with van der Waals surface area (Å²) in [5.74, 6) is 0.982. The first-order chi connectivity index (χ1) is 5.18. The van der Waals surface area contributed by atoms with E-state index in [1.165, 1.54) is 32.2 Å². The van der Waals surface area contributed by atoms with Gasteiger partial charge in [0.05, 0.1) is 0 Å². The van der Waals surface area contributed by atoms with Gasteiger partial charge in [-0.15, -0.1) is 0 Å². The van der Waals surface area contributed by atoms with E-state index in [-0.39, 0.29) is 0 Å². The van der Waals surface area contributed by atoms with Gasteiger partial charge < -0.3 is 4.90 Å². The lowest BCUT2D eigenvalue weighted by Gasteiger charge is -2.27. The normalized spacial score (nSPS) is 32.7. The van der Waals surface area contributed by atoms with E-state index in [4.69, 9.17) is 0 Å². The van der Waals surface area contributed by atoms with E-state index in [0.29, 0.717) is 0 Å². The van der Waals surface area contributed by atoms with Crippen LogP contribution in [0.25, 0.3) is 0 Å². The van der Waals surface area contributed by atoms with Crippen LogP contribution in [-0.2, 0) is 0 Å². The molecule has 0 aromatic carbocycles. The van der Waals surface area contributed by atoms with Gasteiger partial charge >= 0.3 is 0 Å². The minimum absolute atomic E-state index is 0.964. The van der Waals surface area contributed by atoms with E-state index >= 15 is 0 Å². The van der Waals surface area contributed by atoms with Crippen molar-refractivity contribution < 1.29 is 0 Å². The monoisotopic (exact) mass is 267 g/mol. The lowest BCUT2D eigenvalue weighted by molar-refractivity contribution is 0.269. The fourth-order valence-electron chi connectivity index (χ4n) is 1.82. The van der Waals surface area contributed by atoms with E-state index < -0.39 is 0 Å². The Hall–Kier alpha value is 0.690. The van der Waals surface area contributed by atoms with Crippen LogP contribution >= 0.6 is 22.6 Å². The fourth-order valence-corrected chi connectivity index (χ4v) is 2.54. The Morgan fingerprint density at radius 1 is 1.18 bits per heavy atom. The van der Waals surface area contributed by atoms with E-state index in [9.17, 15) is 0 Å². The number of halogens is 1. The molecule has 66 valence electrons. The first kappa shape index (κ1) is 9.78. The van der Waals surface area contributed by atoms with Gasteiger partial charge in [0.25, 0.3) is 0 Å². The summed E-state index contributed by atoms with van der Waals surface area (Å²) in [6, 6.07) is 0. The zero-order valence-electron chi connectivity index (χ0n) is 7.52. The summed E-state index contributed by atoms with van der Waals surface area (Å²) in [5.41, 5.74) is 0. The molecule has 0 aromatic heterocycles. The van der Waals surface area contributed by atoms with E-state index in [2.05, 4.69) is 41.6 Å². The van der Waals surface area contributed by atoms with Crippen LogP contribution in [0, 0.1) is 5.92 Å². The molecule has 0 aromatic rings. The minimum Gasteiger partial charge on any atom is -0.309 e. The third kappa shape index (κ3) is 3.74. The quantitative estimate of drug-likeness (QED) is 0.549. The molecule has 1 aliphatic carbocycles. The molecule has 0 heterocycles. The SMILES string of the molecule is CN(C)CC1CCC(I)CC1. The molecule has 11 heavy (non-hydrogen) atoms. The van der Waals surface area contributed by atoms with Gasteiger partial charge in [0, 0.05) is 10.5 Å². The zero-order chi connectivity index (χ0) is 8.27. The topological polar surface area (TPSA) is 3.24 Å². The highest BCUT2D eigenvalue weighted by Gasteiger charge is 2.18. The van der Waals surface area contributed by atoms with Crippen molar-refractivity contribution in [1.82, 2.24) is 4.90 Å². The molecule has 0 radical (unpaired) electrons. The average molecular weight is 267 g/mol. The van der Waals surface area contributed by atoms with Crippen LogP contribution in [-0.4, -0.2) is 29.5 Å². The van der Waals surface area contributed by atoms with Gasteiger partial charge in [0.15, 0.2) is 0 Å². The van der Waals surface area contributed by atoms with Gasteiger partial charge in [-0.05, 0) is 45.7 Å². The molecule has 0 atom stereocenters. The van der Waals surface area contributed by atoms with E-state index in [0.717, 1.165) is 9.84 Å². The summed E-state index contributed by atoms with van der Waals surface area (Å²) >= 11 is 2.59. The predicted molar refractivity (Wildman–Crippen MR) is 58.3 cm³/mol. The highest BCUT2D eigenvalue weighted by Crippen LogP contribution is 2.28. The van der Waals surface area contributed by atoms with Crippen molar-refractivity contribution in [2.45, 2.75) is 29.6 Å². The van der Waals surface area contributed by atoms with Gasteiger partial charge in [0.1, 0.15) is 0 Å². The molecule has 1 rings (SSSR count). The summed E-state index contributed by atoms with van der Waals surface area (Å²) in [7, 11) is 4.35. The second kappa shape index (κ2) is 4.65. The predicted octanol–water partition coefficient (Wildman–Crippen LogP) is 2.54. The largest absolute Gasteiger partial charge is 0.309 e. The molecule has 0 spiro atoms. The summed E-state index contributed by atoms with van der Waals surface area (Å²) in [6.07, 6.45) is 5.79. The summed E-state index contributed by atoms with van der Waals surface area (Å²) in [4.78, 5) is 2.32. The summed E-state index contributed by atoms with van der Waals surface area (Å²) in [5, 5.41) is 0. The molecule has 2 heteroatoms. The zero-order valence-corrected chi connectivity index (χ0v) is 9.67. The Bertz CT molecular complexity index is 106. The molecular weight excluding hydrogens is 249 g/mol. The number of rotatable bonds is 2. The molecule has 1 fully saturated rings. The van der Waals surface area contributed by atoms with Crippen molar-refractivity contribution in [1.29, 1.82) is 0 Å². The molecule has 0 unspecified atom stereocenters. The number of hydrogen-bond acceptors (Lipinski definition) is 1. The van der Waals surface area contributed by atoms with Crippen molar-refractivity contribution in [3.8, 4) is 0 Å². The Kier molecular flexibility index (Phi) is 4.13. The van der Waals surface area contributed by atoms with Crippen molar-refractivity contribution in [2.24, 2.45) is 5.92 Å². The van der Waals surface area contributed by atoms with Gasteiger partial charge in [0.2, 0.25) is 0 Å². The maximum atomic E-state index is 2.59. The molecule has 1 aliphatic rings. The van der Waals surface area contributed by atoms with Gasteiger partial charge in [-0.25, -0.2) is 0 Å². The van der Waals surface area contributed by atoms with E-state index in [1.807, 2.05) is 0 Å². The van der Waals surface area contributed by atoms with Crippen molar-refractivity contribution in [2.75, 3.05) is 20.6 Å². The molecule has 0 aliphatic heterocycles. The minimum atomic E-state index is 0.964. The second-order valence-electron chi connectivity index (χ2n) is 3.88. The van der Waals surface area contributed by atoms with Crippen molar-refractivity contribution in [3.63, 3.8) is 0 Å². The van der Waals surface area contributed by atoms with Crippen molar-refractivity contribution >= 4 is 22.6 Å². The highest BCUT2D eigenvalue weighted by molar-refractivity contribution is 14.1. The van der Waals surface area contributed by atoms with Crippen LogP contribution in [0.15, 0.2) is 0 Å². The van der Waals surface area contributed by atoms with Gasteiger partial charge in [-0.1, -0.05) is 22.6 Å². The first-order valence-electron chi connectivity index (χ1n) is 4.47. The van der Waals surface area contributed by atoms with Crippen LogP contribution in [0.4, 0.5) is 0 Å². The maximum Gasteiger partial charge on any atom is 0.0110 e. The Balaban J connectivity index is 2.17. The van der Waals surface area contributed by atoms with E-state index in [1.54, 1.807) is 0 Å². The van der Waals surface area contributed by atoms with Gasteiger partial charge in [-0.2, -0.15) is 0 Å². The molecule has 0 saturated heterocycles. The lowest BCUT2D eigenvalue weighted by atomic mass is 9.89. The maximum absolute atomic E-state index is 2.59. The number of alkyl halides is 1. The highest BCUT2D eigenvalue weighted by atomic mass is 127. The Morgan fingerprint density at radius 3 is 2.18 bits per heavy atom. The Morgan fingerprint density at radius 2 is 1.73 bits per heavy atom. The van der Waals surface area contributed by atoms with Crippen LogP contribution in [0.2, 0.25) is 0 Å². The molecule has 1 saturated carbocycles. The van der Waals surface area contributed by atoms with Crippen molar-refractivity contribution in [3.05, 3.63) is 0 Å². The number of hydrogen-bond donors (Lipinski definition) is 0. The van der Waals surface area contributed by atoms with Crippen LogP contribution in [0.5, 0.6) is 0 Å². The summed E-state index contributed by atoms with van der Waals surface area (Å²) in [6.45, 7) is 1.30. The third-order valence-corrected chi connectivity index (χ3v) is 3.65.